The van der Waals surface area contributed by atoms with Crippen molar-refractivity contribution in [2.24, 2.45) is 0 Å². The van der Waals surface area contributed by atoms with Gasteiger partial charge in [-0.25, -0.2) is 4.39 Å². The van der Waals surface area contributed by atoms with Gasteiger partial charge in [0.15, 0.2) is 0 Å². The largest absolute Gasteiger partial charge is 0.435 e. The Hall–Kier alpha value is -2.54. The number of amides is 1. The number of ether oxygens (including phenoxy) is 1. The first-order chi connectivity index (χ1) is 11.4. The lowest BCUT2D eigenvalue weighted by atomic mass is 10.1. The number of hydrogen-bond acceptors (Lipinski definition) is 3. The summed E-state index contributed by atoms with van der Waals surface area (Å²) in [5.74, 6) is -0.806. The van der Waals surface area contributed by atoms with E-state index in [2.05, 4.69) is 10.1 Å². The predicted molar refractivity (Wildman–Crippen MR) is 81.1 cm³/mol. The summed E-state index contributed by atoms with van der Waals surface area (Å²) in [6, 6.07) is 11.2. The van der Waals surface area contributed by atoms with E-state index in [0.29, 0.717) is 11.1 Å². The van der Waals surface area contributed by atoms with Gasteiger partial charge in [-0.1, -0.05) is 24.3 Å². The number of carbonyl (C=O) groups excluding carboxylic acids is 1. The Bertz CT molecular complexity index is 677. The molecule has 0 saturated carbocycles. The Morgan fingerprint density at radius 1 is 1.17 bits per heavy atom. The third-order valence-corrected chi connectivity index (χ3v) is 3.24. The van der Waals surface area contributed by atoms with Gasteiger partial charge in [0.25, 0.3) is 0 Å². The number of aliphatic hydroxyl groups is 1. The standard InChI is InChI=1S/C17H16F3NO3/c18-13-3-1-2-11(8-13)9-16(23)21-10-15(22)12-4-6-14(7-5-12)24-17(19)20/h1-8,15,17,22H,9-10H2,(H,21,23). The van der Waals surface area contributed by atoms with Gasteiger partial charge in [0.05, 0.1) is 12.5 Å². The first-order valence-electron chi connectivity index (χ1n) is 7.18. The minimum absolute atomic E-state index is 0.00829. The smallest absolute Gasteiger partial charge is 0.387 e. The monoisotopic (exact) mass is 339 g/mol. The van der Waals surface area contributed by atoms with Crippen molar-refractivity contribution in [1.29, 1.82) is 0 Å². The highest BCUT2D eigenvalue weighted by Gasteiger charge is 2.11. The summed E-state index contributed by atoms with van der Waals surface area (Å²) < 4.78 is 41.3. The van der Waals surface area contributed by atoms with Crippen LogP contribution in [-0.4, -0.2) is 24.2 Å². The van der Waals surface area contributed by atoms with Gasteiger partial charge in [0, 0.05) is 6.54 Å². The third kappa shape index (κ3) is 5.58. The maximum absolute atomic E-state index is 13.0. The maximum Gasteiger partial charge on any atom is 0.387 e. The molecule has 0 aliphatic carbocycles. The number of carbonyl (C=O) groups is 1. The summed E-state index contributed by atoms with van der Waals surface area (Å²) in [7, 11) is 0. The molecule has 128 valence electrons. The molecule has 0 aliphatic rings. The van der Waals surface area contributed by atoms with Crippen molar-refractivity contribution in [3.05, 3.63) is 65.5 Å². The average Bonchev–Trinajstić information content (AvgIpc) is 2.53. The second-order valence-corrected chi connectivity index (χ2v) is 5.07. The Morgan fingerprint density at radius 3 is 2.50 bits per heavy atom. The lowest BCUT2D eigenvalue weighted by molar-refractivity contribution is -0.120. The van der Waals surface area contributed by atoms with E-state index in [0.717, 1.165) is 0 Å². The van der Waals surface area contributed by atoms with Crippen LogP contribution >= 0.6 is 0 Å². The van der Waals surface area contributed by atoms with Gasteiger partial charge in [-0.15, -0.1) is 0 Å². The van der Waals surface area contributed by atoms with Gasteiger partial charge in [0.1, 0.15) is 11.6 Å². The van der Waals surface area contributed by atoms with Crippen LogP contribution in [0.15, 0.2) is 48.5 Å². The molecule has 0 fully saturated rings. The molecule has 0 spiro atoms. The van der Waals surface area contributed by atoms with E-state index in [9.17, 15) is 23.1 Å². The molecule has 0 aliphatic heterocycles. The SMILES string of the molecule is O=C(Cc1cccc(F)c1)NCC(O)c1ccc(OC(F)F)cc1. The minimum atomic E-state index is -2.91. The van der Waals surface area contributed by atoms with Crippen LogP contribution in [0, 0.1) is 5.82 Å². The highest BCUT2D eigenvalue weighted by molar-refractivity contribution is 5.78. The number of aliphatic hydroxyl groups excluding tert-OH is 1. The van der Waals surface area contributed by atoms with Crippen molar-refractivity contribution in [2.45, 2.75) is 19.1 Å². The quantitative estimate of drug-likeness (QED) is 0.816. The zero-order valence-corrected chi connectivity index (χ0v) is 12.6. The molecule has 2 aromatic rings. The van der Waals surface area contributed by atoms with Crippen molar-refractivity contribution in [3.63, 3.8) is 0 Å². The molecule has 2 N–H and O–H groups in total. The lowest BCUT2D eigenvalue weighted by Crippen LogP contribution is -2.29. The first kappa shape index (κ1) is 17.8. The summed E-state index contributed by atoms with van der Waals surface area (Å²) in [6.07, 6.45) is -1.01. The highest BCUT2D eigenvalue weighted by atomic mass is 19.3. The Labute approximate surface area is 136 Å². The highest BCUT2D eigenvalue weighted by Crippen LogP contribution is 2.19. The second-order valence-electron chi connectivity index (χ2n) is 5.07. The maximum atomic E-state index is 13.0. The van der Waals surface area contributed by atoms with Crippen LogP contribution in [0.2, 0.25) is 0 Å². The van der Waals surface area contributed by atoms with E-state index >= 15 is 0 Å². The van der Waals surface area contributed by atoms with Crippen molar-refractivity contribution >= 4 is 5.91 Å². The van der Waals surface area contributed by atoms with Crippen LogP contribution in [0.25, 0.3) is 0 Å². The van der Waals surface area contributed by atoms with Crippen LogP contribution < -0.4 is 10.1 Å². The fourth-order valence-corrected chi connectivity index (χ4v) is 2.09. The average molecular weight is 339 g/mol. The zero-order valence-electron chi connectivity index (χ0n) is 12.6. The van der Waals surface area contributed by atoms with E-state index in [1.54, 1.807) is 6.07 Å². The van der Waals surface area contributed by atoms with Crippen LogP contribution in [0.1, 0.15) is 17.2 Å². The van der Waals surface area contributed by atoms with Crippen LogP contribution in [0.3, 0.4) is 0 Å². The van der Waals surface area contributed by atoms with E-state index in [1.807, 2.05) is 0 Å². The van der Waals surface area contributed by atoms with Crippen molar-refractivity contribution in [2.75, 3.05) is 6.54 Å². The summed E-state index contributed by atoms with van der Waals surface area (Å²) in [6.45, 7) is -2.97. The molecule has 1 unspecified atom stereocenters. The number of halogens is 3. The molecule has 2 rings (SSSR count). The van der Waals surface area contributed by atoms with Gasteiger partial charge in [0.2, 0.25) is 5.91 Å². The third-order valence-electron chi connectivity index (χ3n) is 3.24. The van der Waals surface area contributed by atoms with Crippen molar-refractivity contribution in [1.82, 2.24) is 5.32 Å². The summed E-state index contributed by atoms with van der Waals surface area (Å²) >= 11 is 0. The normalized spacial score (nSPS) is 12.0. The number of benzene rings is 2. The van der Waals surface area contributed by atoms with Crippen LogP contribution in [-0.2, 0) is 11.2 Å². The van der Waals surface area contributed by atoms with Crippen molar-refractivity contribution < 1.29 is 27.8 Å². The zero-order chi connectivity index (χ0) is 17.5. The van der Waals surface area contributed by atoms with E-state index in [1.165, 1.54) is 42.5 Å². The molecule has 1 atom stereocenters. The number of rotatable bonds is 7. The molecular formula is C17H16F3NO3. The first-order valence-corrected chi connectivity index (χ1v) is 7.18. The molecule has 0 radical (unpaired) electrons. The Balaban J connectivity index is 1.83. The van der Waals surface area contributed by atoms with E-state index < -0.39 is 18.5 Å². The molecule has 0 aromatic heterocycles. The van der Waals surface area contributed by atoms with Gasteiger partial charge in [-0.2, -0.15) is 8.78 Å². The fraction of sp³-hybridized carbons (Fsp3) is 0.235. The fourth-order valence-electron chi connectivity index (χ4n) is 2.09. The molecule has 0 bridgehead atoms. The molecule has 0 heterocycles. The summed E-state index contributed by atoms with van der Waals surface area (Å²) in [5, 5.41) is 12.5. The molecule has 0 saturated heterocycles. The Morgan fingerprint density at radius 2 is 1.88 bits per heavy atom. The summed E-state index contributed by atoms with van der Waals surface area (Å²) in [4.78, 5) is 11.8. The molecular weight excluding hydrogens is 323 g/mol. The van der Waals surface area contributed by atoms with E-state index in [-0.39, 0.29) is 24.6 Å². The predicted octanol–water partition coefficient (Wildman–Crippen LogP) is 2.82. The molecule has 1 amide bonds. The summed E-state index contributed by atoms with van der Waals surface area (Å²) in [5.41, 5.74) is 0.971. The number of nitrogens with one attached hydrogen (secondary N) is 1. The van der Waals surface area contributed by atoms with E-state index in [4.69, 9.17) is 0 Å². The van der Waals surface area contributed by atoms with Crippen LogP contribution in [0.5, 0.6) is 5.75 Å². The topological polar surface area (TPSA) is 58.6 Å². The van der Waals surface area contributed by atoms with Crippen LogP contribution in [0.4, 0.5) is 13.2 Å². The molecule has 24 heavy (non-hydrogen) atoms. The van der Waals surface area contributed by atoms with Crippen molar-refractivity contribution in [3.8, 4) is 5.75 Å². The van der Waals surface area contributed by atoms with Gasteiger partial charge < -0.3 is 15.2 Å². The molecule has 7 heteroatoms. The Kier molecular flexibility index (Phi) is 6.20. The number of hydrogen-bond donors (Lipinski definition) is 2. The lowest BCUT2D eigenvalue weighted by Gasteiger charge is -2.13. The van der Waals surface area contributed by atoms with Gasteiger partial charge in [-0.05, 0) is 35.4 Å². The van der Waals surface area contributed by atoms with Gasteiger partial charge in [-0.3, -0.25) is 4.79 Å². The van der Waals surface area contributed by atoms with Gasteiger partial charge >= 0.3 is 6.61 Å². The second kappa shape index (κ2) is 8.35. The molecule has 2 aromatic carbocycles. The number of alkyl halides is 2. The molecule has 4 nitrogen and oxygen atoms in total. The minimum Gasteiger partial charge on any atom is -0.435 e.